The second-order valence-electron chi connectivity index (χ2n) is 13.3. The normalized spacial score (nSPS) is 20.4. The number of urea groups is 1. The van der Waals surface area contributed by atoms with E-state index < -0.39 is 70.4 Å². The van der Waals surface area contributed by atoms with Gasteiger partial charge in [-0.3, -0.25) is 0 Å². The van der Waals surface area contributed by atoms with Crippen LogP contribution < -0.4 is 10.1 Å². The van der Waals surface area contributed by atoms with E-state index in [1.54, 1.807) is 19.9 Å². The van der Waals surface area contributed by atoms with Crippen LogP contribution in [0, 0.1) is 13.8 Å². The van der Waals surface area contributed by atoms with Crippen molar-refractivity contribution in [2.45, 2.75) is 69.8 Å². The highest BCUT2D eigenvalue weighted by Crippen LogP contribution is 2.52. The van der Waals surface area contributed by atoms with Crippen LogP contribution in [0.2, 0.25) is 0 Å². The van der Waals surface area contributed by atoms with Crippen molar-refractivity contribution >= 4 is 12.0 Å². The predicted molar refractivity (Wildman–Crippen MR) is 173 cm³/mol. The van der Waals surface area contributed by atoms with Crippen LogP contribution in [0.4, 0.5) is 44.3 Å². The van der Waals surface area contributed by atoms with E-state index in [2.05, 4.69) is 10.3 Å². The van der Waals surface area contributed by atoms with Gasteiger partial charge < -0.3 is 20.1 Å². The highest BCUT2D eigenvalue weighted by Gasteiger charge is 2.56. The van der Waals surface area contributed by atoms with Crippen LogP contribution in [0.15, 0.2) is 60.8 Å². The number of carboxylic acids is 1. The summed E-state index contributed by atoms with van der Waals surface area (Å²) in [5.41, 5.74) is -3.83. The Kier molecular flexibility index (Phi) is 8.97. The molecule has 53 heavy (non-hydrogen) atoms. The van der Waals surface area contributed by atoms with Gasteiger partial charge in [-0.1, -0.05) is 6.07 Å². The number of halogens is 9. The molecule has 0 aliphatic carbocycles. The number of aryl methyl sites for hydroxylation is 2. The molecule has 6 rings (SSSR count). The Morgan fingerprint density at radius 1 is 0.849 bits per heavy atom. The second-order valence-corrected chi connectivity index (χ2v) is 13.3. The second kappa shape index (κ2) is 12.7. The molecule has 0 saturated carbocycles. The van der Waals surface area contributed by atoms with Crippen molar-refractivity contribution in [3.8, 4) is 28.1 Å². The Balaban J connectivity index is 1.50. The van der Waals surface area contributed by atoms with E-state index in [9.17, 15) is 54.2 Å². The molecule has 0 bridgehead atoms. The van der Waals surface area contributed by atoms with Crippen molar-refractivity contribution < 1.29 is 58.9 Å². The largest absolute Gasteiger partial charge is 0.481 e. The molecule has 2 fully saturated rings. The SMILES string of the molecule is COc1ncc(-c2c(C)cc(C(=O)O)cc2C)cc1-c1ccc(C(F)(F)F)cc1[C@@H]1CC[C@@H]2N1C(=O)N[C@]2(C)c1cc(C(F)(F)F)cc(C(F)(F)F)c1. The van der Waals surface area contributed by atoms with Gasteiger partial charge in [0, 0.05) is 17.3 Å². The number of carbonyl (C=O) groups is 2. The van der Waals surface area contributed by atoms with Crippen LogP contribution in [-0.4, -0.2) is 40.1 Å². The summed E-state index contributed by atoms with van der Waals surface area (Å²) in [4.78, 5) is 30.9. The maximum atomic E-state index is 14.2. The summed E-state index contributed by atoms with van der Waals surface area (Å²) in [6, 6.07) is 5.41. The first-order valence-corrected chi connectivity index (χ1v) is 16.1. The molecule has 3 heterocycles. The minimum Gasteiger partial charge on any atom is -0.481 e. The van der Waals surface area contributed by atoms with E-state index >= 15 is 0 Å². The summed E-state index contributed by atoms with van der Waals surface area (Å²) >= 11 is 0. The lowest BCUT2D eigenvalue weighted by atomic mass is 9.83. The minimum absolute atomic E-state index is 0.00104. The zero-order valence-corrected chi connectivity index (χ0v) is 28.3. The number of aromatic nitrogens is 1. The lowest BCUT2D eigenvalue weighted by molar-refractivity contribution is -0.143. The summed E-state index contributed by atoms with van der Waals surface area (Å²) < 4.78 is 131. The van der Waals surface area contributed by atoms with Crippen molar-refractivity contribution in [1.82, 2.24) is 15.2 Å². The number of methoxy groups -OCH3 is 1. The summed E-state index contributed by atoms with van der Waals surface area (Å²) in [6.07, 6.45) is -13.7. The van der Waals surface area contributed by atoms with Gasteiger partial charge in [-0.15, -0.1) is 0 Å². The van der Waals surface area contributed by atoms with Crippen LogP contribution in [0.25, 0.3) is 22.3 Å². The number of nitrogens with one attached hydrogen (secondary N) is 1. The molecule has 0 radical (unpaired) electrons. The van der Waals surface area contributed by atoms with Gasteiger partial charge in [-0.2, -0.15) is 39.5 Å². The minimum atomic E-state index is -5.16. The maximum absolute atomic E-state index is 14.2. The first-order valence-electron chi connectivity index (χ1n) is 16.1. The zero-order valence-electron chi connectivity index (χ0n) is 28.3. The lowest BCUT2D eigenvalue weighted by Crippen LogP contribution is -2.43. The number of nitrogens with zero attached hydrogens (tertiary/aromatic N) is 2. The fraction of sp³-hybridized carbons (Fsp3) is 0.324. The fourth-order valence-electron chi connectivity index (χ4n) is 7.60. The van der Waals surface area contributed by atoms with Crippen LogP contribution in [0.1, 0.15) is 75.1 Å². The molecular weight excluding hydrogens is 721 g/mol. The van der Waals surface area contributed by atoms with Gasteiger partial charge in [-0.25, -0.2) is 14.6 Å². The number of ether oxygens (including phenoxy) is 1. The topological polar surface area (TPSA) is 91.8 Å². The smallest absolute Gasteiger partial charge is 0.416 e. The summed E-state index contributed by atoms with van der Waals surface area (Å²) in [5.74, 6) is -1.14. The summed E-state index contributed by atoms with van der Waals surface area (Å²) in [6.45, 7) is 4.66. The molecule has 2 aliphatic heterocycles. The molecular formula is C37H30F9N3O4. The van der Waals surface area contributed by atoms with Gasteiger partial charge >= 0.3 is 30.5 Å². The summed E-state index contributed by atoms with van der Waals surface area (Å²) in [5, 5.41) is 12.0. The van der Waals surface area contributed by atoms with Crippen LogP contribution in [-0.2, 0) is 24.1 Å². The van der Waals surface area contributed by atoms with E-state index in [4.69, 9.17) is 4.74 Å². The molecule has 2 saturated heterocycles. The molecule has 0 unspecified atom stereocenters. The van der Waals surface area contributed by atoms with Gasteiger partial charge in [0.25, 0.3) is 0 Å². The molecule has 1 aromatic heterocycles. The number of alkyl halides is 9. The number of aromatic carboxylic acids is 1. The van der Waals surface area contributed by atoms with Crippen LogP contribution in [0.3, 0.4) is 0 Å². The number of carbonyl (C=O) groups excluding carboxylic acids is 1. The Morgan fingerprint density at radius 2 is 1.43 bits per heavy atom. The Hall–Kier alpha value is -5.28. The van der Waals surface area contributed by atoms with E-state index in [1.807, 2.05) is 0 Å². The standard InChI is InChI=1S/C37H30F9N3O4/c1-17-9-19(32(50)51)10-18(2)30(17)20-11-27(31(53-4)47-16-20)25-6-5-21(35(38,39)40)15-26(25)28-7-8-29-34(3,48-33(52)49(28)29)22-12-23(36(41,42)43)14-24(13-22)37(44,45)46/h5-6,9-16,28-29H,7-8H2,1-4H3,(H,48,52)(H,50,51)/t28-,29-,34+/m0/s1. The third-order valence-electron chi connectivity index (χ3n) is 9.98. The fourth-order valence-corrected chi connectivity index (χ4v) is 7.60. The monoisotopic (exact) mass is 751 g/mol. The number of fused-ring (bicyclic) bond motifs is 1. The number of hydrogen-bond donors (Lipinski definition) is 2. The number of amides is 2. The number of benzene rings is 3. The average Bonchev–Trinajstić information content (AvgIpc) is 3.62. The van der Waals surface area contributed by atoms with Crippen molar-refractivity contribution in [2.75, 3.05) is 7.11 Å². The van der Waals surface area contributed by atoms with Crippen LogP contribution >= 0.6 is 0 Å². The lowest BCUT2D eigenvalue weighted by Gasteiger charge is -2.33. The van der Waals surface area contributed by atoms with Crippen molar-refractivity contribution in [3.05, 3.63) is 105 Å². The molecule has 4 aromatic rings. The molecule has 7 nitrogen and oxygen atoms in total. The first kappa shape index (κ1) is 37.5. The number of hydrogen-bond acceptors (Lipinski definition) is 4. The zero-order chi connectivity index (χ0) is 39.0. The maximum Gasteiger partial charge on any atom is 0.416 e. The molecule has 2 aliphatic rings. The van der Waals surface area contributed by atoms with Crippen molar-refractivity contribution in [1.29, 1.82) is 0 Å². The number of carboxylic acid groups (broad SMARTS) is 1. The van der Waals surface area contributed by atoms with Gasteiger partial charge in [0.1, 0.15) is 0 Å². The third kappa shape index (κ3) is 6.63. The van der Waals surface area contributed by atoms with Gasteiger partial charge in [0.2, 0.25) is 5.88 Å². The van der Waals surface area contributed by atoms with Crippen molar-refractivity contribution in [2.24, 2.45) is 0 Å². The first-order chi connectivity index (χ1) is 24.5. The molecule has 3 aromatic carbocycles. The third-order valence-corrected chi connectivity index (χ3v) is 9.98. The Morgan fingerprint density at radius 3 is 1.96 bits per heavy atom. The Labute approximate surface area is 296 Å². The highest BCUT2D eigenvalue weighted by molar-refractivity contribution is 5.90. The van der Waals surface area contributed by atoms with Crippen molar-refractivity contribution in [3.63, 3.8) is 0 Å². The number of pyridine rings is 1. The van der Waals surface area contributed by atoms with E-state index in [0.29, 0.717) is 34.4 Å². The number of rotatable bonds is 6. The van der Waals surface area contributed by atoms with Gasteiger partial charge in [0.15, 0.2) is 0 Å². The van der Waals surface area contributed by atoms with E-state index in [0.717, 1.165) is 12.1 Å². The Bertz CT molecular complexity index is 2090. The molecule has 16 heteroatoms. The van der Waals surface area contributed by atoms with Gasteiger partial charge in [-0.05, 0) is 116 Å². The quantitative estimate of drug-likeness (QED) is 0.192. The van der Waals surface area contributed by atoms with E-state index in [1.165, 1.54) is 43.3 Å². The molecule has 280 valence electrons. The van der Waals surface area contributed by atoms with Crippen LogP contribution in [0.5, 0.6) is 5.88 Å². The van der Waals surface area contributed by atoms with Gasteiger partial charge in [0.05, 0.1) is 47.0 Å². The highest BCUT2D eigenvalue weighted by atomic mass is 19.4. The average molecular weight is 752 g/mol. The molecule has 2 N–H and O–H groups in total. The molecule has 3 atom stereocenters. The molecule has 2 amide bonds. The summed E-state index contributed by atoms with van der Waals surface area (Å²) in [7, 11) is 1.29. The predicted octanol–water partition coefficient (Wildman–Crippen LogP) is 9.94. The molecule has 0 spiro atoms. The van der Waals surface area contributed by atoms with E-state index in [-0.39, 0.29) is 47.0 Å².